The SMILES string of the molecule is Cc1cc(C)cc(NC(=N[C@H]2CCCCN(CC(=O)N3CCCC3)C2=O)C(C#N)C#N)c1. The molecule has 1 atom stereocenters. The van der Waals surface area contributed by atoms with Gasteiger partial charge >= 0.3 is 0 Å². The molecular weight excluding hydrogens is 404 g/mol. The summed E-state index contributed by atoms with van der Waals surface area (Å²) in [6.45, 7) is 6.00. The van der Waals surface area contributed by atoms with Gasteiger partial charge in [-0.1, -0.05) is 6.07 Å². The molecule has 8 nitrogen and oxygen atoms in total. The number of hydrogen-bond donors (Lipinski definition) is 1. The van der Waals surface area contributed by atoms with E-state index in [-0.39, 0.29) is 24.2 Å². The third-order valence-corrected chi connectivity index (χ3v) is 5.86. The van der Waals surface area contributed by atoms with Crippen molar-refractivity contribution < 1.29 is 9.59 Å². The lowest BCUT2D eigenvalue weighted by Crippen LogP contribution is -2.45. The van der Waals surface area contributed by atoms with Gasteiger partial charge < -0.3 is 15.1 Å². The van der Waals surface area contributed by atoms with Crippen molar-refractivity contribution in [3.63, 3.8) is 0 Å². The van der Waals surface area contributed by atoms with E-state index in [1.54, 1.807) is 4.90 Å². The van der Waals surface area contributed by atoms with Crippen molar-refractivity contribution in [1.29, 1.82) is 10.5 Å². The molecular formula is C24H30N6O2. The summed E-state index contributed by atoms with van der Waals surface area (Å²) in [4.78, 5) is 33.8. The van der Waals surface area contributed by atoms with Crippen molar-refractivity contribution in [3.05, 3.63) is 29.3 Å². The van der Waals surface area contributed by atoms with Crippen molar-refractivity contribution in [1.82, 2.24) is 9.80 Å². The minimum atomic E-state index is -1.12. The van der Waals surface area contributed by atoms with Gasteiger partial charge in [-0.2, -0.15) is 10.5 Å². The van der Waals surface area contributed by atoms with Gasteiger partial charge in [0.25, 0.3) is 0 Å². The van der Waals surface area contributed by atoms with Crippen molar-refractivity contribution in [2.45, 2.75) is 52.0 Å². The average Bonchev–Trinajstić information content (AvgIpc) is 3.24. The van der Waals surface area contributed by atoms with Crippen LogP contribution in [-0.2, 0) is 9.59 Å². The van der Waals surface area contributed by atoms with Crippen LogP contribution in [0.2, 0.25) is 0 Å². The Hall–Kier alpha value is -3.39. The lowest BCUT2D eigenvalue weighted by atomic mass is 10.1. The second-order valence-electron chi connectivity index (χ2n) is 8.57. The number of aryl methyl sites for hydroxylation is 2. The van der Waals surface area contributed by atoms with Gasteiger partial charge in [0, 0.05) is 25.3 Å². The number of nitrogens with zero attached hydrogens (tertiary/aromatic N) is 5. The summed E-state index contributed by atoms with van der Waals surface area (Å²) >= 11 is 0. The maximum absolute atomic E-state index is 13.2. The van der Waals surface area contributed by atoms with Gasteiger partial charge in [0.15, 0.2) is 5.92 Å². The van der Waals surface area contributed by atoms with Gasteiger partial charge in [0.2, 0.25) is 11.8 Å². The van der Waals surface area contributed by atoms with E-state index in [0.717, 1.165) is 55.6 Å². The van der Waals surface area contributed by atoms with Crippen molar-refractivity contribution >= 4 is 23.3 Å². The Labute approximate surface area is 189 Å². The first-order valence-corrected chi connectivity index (χ1v) is 11.2. The van der Waals surface area contributed by atoms with Crippen molar-refractivity contribution in [2.24, 2.45) is 10.9 Å². The van der Waals surface area contributed by atoms with Crippen LogP contribution >= 0.6 is 0 Å². The Kier molecular flexibility index (Phi) is 7.83. The summed E-state index contributed by atoms with van der Waals surface area (Å²) in [5, 5.41) is 22.1. The van der Waals surface area contributed by atoms with E-state index in [1.807, 2.05) is 49.1 Å². The number of rotatable bonds is 5. The molecule has 32 heavy (non-hydrogen) atoms. The second-order valence-corrected chi connectivity index (χ2v) is 8.57. The monoisotopic (exact) mass is 434 g/mol. The maximum atomic E-state index is 13.2. The first-order chi connectivity index (χ1) is 15.4. The Bertz CT molecular complexity index is 933. The number of amidine groups is 1. The molecule has 0 radical (unpaired) electrons. The van der Waals surface area contributed by atoms with E-state index < -0.39 is 12.0 Å². The standard InChI is InChI=1S/C24H30N6O2/c1-17-11-18(2)13-20(12-17)27-23(19(14-25)15-26)28-21-7-3-4-10-30(24(21)32)16-22(31)29-8-5-6-9-29/h11-13,19,21H,3-10,16H2,1-2H3,(H,27,28)/t21-/m0/s1. The zero-order valence-electron chi connectivity index (χ0n) is 18.8. The molecule has 0 saturated carbocycles. The number of anilines is 1. The fourth-order valence-corrected chi connectivity index (χ4v) is 4.28. The minimum Gasteiger partial charge on any atom is -0.342 e. The molecule has 1 aromatic carbocycles. The summed E-state index contributed by atoms with van der Waals surface area (Å²) in [6, 6.07) is 9.04. The first kappa shape index (κ1) is 23.3. The Morgan fingerprint density at radius 3 is 2.34 bits per heavy atom. The van der Waals surface area contributed by atoms with Crippen LogP contribution in [0.1, 0.15) is 43.2 Å². The third-order valence-electron chi connectivity index (χ3n) is 5.86. The highest BCUT2D eigenvalue weighted by atomic mass is 16.2. The first-order valence-electron chi connectivity index (χ1n) is 11.2. The highest BCUT2D eigenvalue weighted by molar-refractivity contribution is 6.02. The Morgan fingerprint density at radius 2 is 1.72 bits per heavy atom. The van der Waals surface area contributed by atoms with Gasteiger partial charge in [0.05, 0.1) is 18.7 Å². The molecule has 2 heterocycles. The lowest BCUT2D eigenvalue weighted by molar-refractivity contribution is -0.140. The highest BCUT2D eigenvalue weighted by Crippen LogP contribution is 2.20. The molecule has 0 spiro atoms. The topological polar surface area (TPSA) is 113 Å². The molecule has 0 unspecified atom stereocenters. The molecule has 1 aromatic rings. The van der Waals surface area contributed by atoms with Gasteiger partial charge in [-0.15, -0.1) is 0 Å². The summed E-state index contributed by atoms with van der Waals surface area (Å²) in [5.41, 5.74) is 2.79. The quantitative estimate of drug-likeness (QED) is 0.566. The van der Waals surface area contributed by atoms with Crippen LogP contribution < -0.4 is 5.32 Å². The summed E-state index contributed by atoms with van der Waals surface area (Å²) < 4.78 is 0. The van der Waals surface area contributed by atoms with Crippen molar-refractivity contribution in [3.8, 4) is 12.1 Å². The second kappa shape index (κ2) is 10.8. The number of carbonyl (C=O) groups excluding carboxylic acids is 2. The molecule has 2 saturated heterocycles. The smallest absolute Gasteiger partial charge is 0.247 e. The predicted molar refractivity (Wildman–Crippen MR) is 122 cm³/mol. The largest absolute Gasteiger partial charge is 0.342 e. The summed E-state index contributed by atoms with van der Waals surface area (Å²) in [5.74, 6) is -1.19. The molecule has 1 N–H and O–H groups in total. The van der Waals surface area contributed by atoms with Crippen LogP contribution in [0.3, 0.4) is 0 Å². The van der Waals surface area contributed by atoms with Gasteiger partial charge in [-0.3, -0.25) is 14.6 Å². The van der Waals surface area contributed by atoms with Crippen LogP contribution in [-0.4, -0.2) is 59.7 Å². The van der Waals surface area contributed by atoms with Crippen LogP contribution in [0.5, 0.6) is 0 Å². The molecule has 2 amide bonds. The van der Waals surface area contributed by atoms with E-state index in [4.69, 9.17) is 0 Å². The number of benzene rings is 1. The molecule has 0 bridgehead atoms. The molecule has 2 aliphatic heterocycles. The van der Waals surface area contributed by atoms with E-state index >= 15 is 0 Å². The molecule has 3 rings (SSSR count). The molecule has 2 aliphatic rings. The number of amides is 2. The zero-order chi connectivity index (χ0) is 23.1. The third kappa shape index (κ3) is 5.85. The molecule has 168 valence electrons. The van der Waals surface area contributed by atoms with E-state index in [1.165, 1.54) is 0 Å². The minimum absolute atomic E-state index is 0.0269. The van der Waals surface area contributed by atoms with Crippen LogP contribution in [0.4, 0.5) is 5.69 Å². The van der Waals surface area contributed by atoms with Crippen LogP contribution in [0.15, 0.2) is 23.2 Å². The van der Waals surface area contributed by atoms with E-state index in [0.29, 0.717) is 13.0 Å². The molecule has 8 heteroatoms. The molecule has 2 fully saturated rings. The fourth-order valence-electron chi connectivity index (χ4n) is 4.28. The maximum Gasteiger partial charge on any atom is 0.247 e. The highest BCUT2D eigenvalue weighted by Gasteiger charge is 2.31. The molecule has 0 aliphatic carbocycles. The average molecular weight is 435 g/mol. The zero-order valence-corrected chi connectivity index (χ0v) is 18.8. The lowest BCUT2D eigenvalue weighted by Gasteiger charge is -2.25. The summed E-state index contributed by atoms with van der Waals surface area (Å²) in [7, 11) is 0. The normalized spacial score (nSPS) is 19.5. The van der Waals surface area contributed by atoms with Crippen LogP contribution in [0, 0.1) is 42.4 Å². The number of hydrogen-bond acceptors (Lipinski definition) is 5. The van der Waals surface area contributed by atoms with Gasteiger partial charge in [-0.05, 0) is 69.2 Å². The number of likely N-dealkylation sites (tertiary alicyclic amines) is 2. The van der Waals surface area contributed by atoms with Gasteiger partial charge in [0.1, 0.15) is 11.9 Å². The van der Waals surface area contributed by atoms with E-state index in [2.05, 4.69) is 10.3 Å². The van der Waals surface area contributed by atoms with Crippen LogP contribution in [0.25, 0.3) is 0 Å². The Balaban J connectivity index is 1.83. The van der Waals surface area contributed by atoms with Gasteiger partial charge in [-0.25, -0.2) is 0 Å². The van der Waals surface area contributed by atoms with E-state index in [9.17, 15) is 20.1 Å². The number of nitriles is 2. The number of carbonyl (C=O) groups is 2. The number of nitrogens with one attached hydrogen (secondary N) is 1. The Morgan fingerprint density at radius 1 is 1.09 bits per heavy atom. The van der Waals surface area contributed by atoms with Crippen molar-refractivity contribution in [2.75, 3.05) is 31.5 Å². The summed E-state index contributed by atoms with van der Waals surface area (Å²) in [6.07, 6.45) is 4.11. The molecule has 0 aromatic heterocycles. The number of aliphatic imine (C=N–C) groups is 1. The predicted octanol–water partition coefficient (Wildman–Crippen LogP) is 2.78. The fraction of sp³-hybridized carbons (Fsp3) is 0.542.